The highest BCUT2D eigenvalue weighted by atomic mass is 79.9. The fraction of sp³-hybridized carbons (Fsp3) is 0.188. The van der Waals surface area contributed by atoms with E-state index < -0.39 is 24.0 Å². The van der Waals surface area contributed by atoms with Crippen molar-refractivity contribution in [3.63, 3.8) is 0 Å². The zero-order valence-electron chi connectivity index (χ0n) is 12.3. The molecule has 0 bridgehead atoms. The van der Waals surface area contributed by atoms with Crippen LogP contribution in [0.2, 0.25) is 0 Å². The number of rotatable bonds is 5. The van der Waals surface area contributed by atoms with Crippen molar-refractivity contribution < 1.29 is 14.3 Å². The number of benzene rings is 1. The third-order valence-corrected chi connectivity index (χ3v) is 3.84. The van der Waals surface area contributed by atoms with Gasteiger partial charge in [-0.1, -0.05) is 34.1 Å². The van der Waals surface area contributed by atoms with Gasteiger partial charge < -0.3 is 15.0 Å². The molecule has 0 aliphatic carbocycles. The first-order valence-corrected chi connectivity index (χ1v) is 7.67. The first-order valence-electron chi connectivity index (χ1n) is 6.87. The van der Waals surface area contributed by atoms with Crippen LogP contribution in [0, 0.1) is 0 Å². The molecule has 1 heterocycles. The summed E-state index contributed by atoms with van der Waals surface area (Å²) >= 11 is 3.41. The monoisotopic (exact) mass is 378 g/mol. The van der Waals surface area contributed by atoms with E-state index in [-0.39, 0.29) is 11.6 Å². The van der Waals surface area contributed by atoms with Gasteiger partial charge in [0.05, 0.1) is 6.04 Å². The van der Waals surface area contributed by atoms with Gasteiger partial charge in [-0.3, -0.25) is 9.59 Å². The maximum absolute atomic E-state index is 11.9. The first kappa shape index (κ1) is 17.0. The molecule has 0 aliphatic heterocycles. The van der Waals surface area contributed by atoms with E-state index in [1.165, 1.54) is 18.3 Å². The van der Waals surface area contributed by atoms with Crippen LogP contribution in [0.1, 0.15) is 28.9 Å². The Balaban J connectivity index is 1.91. The summed E-state index contributed by atoms with van der Waals surface area (Å²) in [6, 6.07) is 10.1. The quantitative estimate of drug-likeness (QED) is 0.780. The third kappa shape index (κ3) is 4.53. The Labute approximate surface area is 141 Å². The van der Waals surface area contributed by atoms with E-state index in [2.05, 4.69) is 26.2 Å². The van der Waals surface area contributed by atoms with Crippen LogP contribution >= 0.6 is 15.9 Å². The number of amides is 1. The van der Waals surface area contributed by atoms with Crippen LogP contribution in [0.25, 0.3) is 0 Å². The molecule has 1 aromatic carbocycles. The highest BCUT2D eigenvalue weighted by Gasteiger charge is 2.16. The van der Waals surface area contributed by atoms with Gasteiger partial charge in [-0.05, 0) is 30.7 Å². The lowest BCUT2D eigenvalue weighted by molar-refractivity contribution is -0.124. The van der Waals surface area contributed by atoms with Gasteiger partial charge in [0.25, 0.3) is 11.5 Å². The van der Waals surface area contributed by atoms with Crippen LogP contribution in [-0.4, -0.2) is 23.5 Å². The third-order valence-electron chi connectivity index (χ3n) is 3.12. The van der Waals surface area contributed by atoms with Crippen LogP contribution in [0.4, 0.5) is 0 Å². The predicted molar refractivity (Wildman–Crippen MR) is 88.0 cm³/mol. The van der Waals surface area contributed by atoms with E-state index in [4.69, 9.17) is 4.74 Å². The number of halogens is 1. The standard InChI is InChI=1S/C16H15BrN2O4/c1-10(11-5-2-3-7-13(11)17)19-14(20)9-23-16(22)12-6-4-8-18-15(12)21/h2-8,10H,9H2,1H3,(H,18,21)(H,19,20)/t10-/m1/s1. The average molecular weight is 379 g/mol. The Hall–Kier alpha value is -2.41. The van der Waals surface area contributed by atoms with Crippen molar-refractivity contribution in [2.24, 2.45) is 0 Å². The van der Waals surface area contributed by atoms with Gasteiger partial charge in [-0.2, -0.15) is 0 Å². The van der Waals surface area contributed by atoms with Gasteiger partial charge in [0, 0.05) is 10.7 Å². The minimum Gasteiger partial charge on any atom is -0.452 e. The molecule has 2 N–H and O–H groups in total. The summed E-state index contributed by atoms with van der Waals surface area (Å²) in [5, 5.41) is 2.73. The average Bonchev–Trinajstić information content (AvgIpc) is 2.53. The molecule has 6 nitrogen and oxygen atoms in total. The maximum atomic E-state index is 11.9. The Morgan fingerprint density at radius 2 is 2.00 bits per heavy atom. The Kier molecular flexibility index (Phi) is 5.70. The Morgan fingerprint density at radius 3 is 2.70 bits per heavy atom. The van der Waals surface area contributed by atoms with E-state index in [0.29, 0.717) is 0 Å². The molecule has 7 heteroatoms. The number of ether oxygens (including phenoxy) is 1. The smallest absolute Gasteiger partial charge is 0.344 e. The second-order valence-electron chi connectivity index (χ2n) is 4.80. The summed E-state index contributed by atoms with van der Waals surface area (Å²) in [5.74, 6) is -1.29. The molecule has 2 aromatic rings. The normalized spacial score (nSPS) is 11.6. The zero-order chi connectivity index (χ0) is 16.8. The van der Waals surface area contributed by atoms with E-state index >= 15 is 0 Å². The van der Waals surface area contributed by atoms with Gasteiger partial charge in [0.1, 0.15) is 5.56 Å². The molecular formula is C16H15BrN2O4. The number of carbonyl (C=O) groups is 2. The second kappa shape index (κ2) is 7.73. The summed E-state index contributed by atoms with van der Waals surface area (Å²) < 4.78 is 5.73. The van der Waals surface area contributed by atoms with E-state index in [1.54, 1.807) is 0 Å². The van der Waals surface area contributed by atoms with Gasteiger partial charge in [0.15, 0.2) is 6.61 Å². The van der Waals surface area contributed by atoms with Gasteiger partial charge in [-0.25, -0.2) is 4.79 Å². The highest BCUT2D eigenvalue weighted by Crippen LogP contribution is 2.22. The van der Waals surface area contributed by atoms with Crippen molar-refractivity contribution >= 4 is 27.8 Å². The minimum absolute atomic E-state index is 0.140. The predicted octanol–water partition coefficient (Wildman–Crippen LogP) is 2.17. The molecule has 0 spiro atoms. The number of pyridine rings is 1. The van der Waals surface area contributed by atoms with Crippen molar-refractivity contribution in [2.75, 3.05) is 6.61 Å². The Morgan fingerprint density at radius 1 is 1.26 bits per heavy atom. The fourth-order valence-electron chi connectivity index (χ4n) is 1.98. The summed E-state index contributed by atoms with van der Waals surface area (Å²) in [4.78, 5) is 37.4. The van der Waals surface area contributed by atoms with Crippen LogP contribution in [-0.2, 0) is 9.53 Å². The summed E-state index contributed by atoms with van der Waals surface area (Å²) in [7, 11) is 0. The van der Waals surface area contributed by atoms with E-state index in [9.17, 15) is 14.4 Å². The molecule has 1 amide bonds. The van der Waals surface area contributed by atoms with Gasteiger partial charge >= 0.3 is 5.97 Å². The number of H-pyrrole nitrogens is 1. The van der Waals surface area contributed by atoms with Crippen LogP contribution in [0.15, 0.2) is 51.9 Å². The number of carbonyl (C=O) groups excluding carboxylic acids is 2. The van der Waals surface area contributed by atoms with Crippen molar-refractivity contribution in [3.05, 3.63) is 68.5 Å². The second-order valence-corrected chi connectivity index (χ2v) is 5.65. The van der Waals surface area contributed by atoms with Crippen LogP contribution in [0.3, 0.4) is 0 Å². The largest absolute Gasteiger partial charge is 0.452 e. The number of aromatic nitrogens is 1. The lowest BCUT2D eigenvalue weighted by Crippen LogP contribution is -2.32. The van der Waals surface area contributed by atoms with Gasteiger partial charge in [-0.15, -0.1) is 0 Å². The summed E-state index contributed by atoms with van der Waals surface area (Å²) in [5.41, 5.74) is 0.213. The van der Waals surface area contributed by atoms with Crippen LogP contribution in [0.5, 0.6) is 0 Å². The molecule has 1 aromatic heterocycles. The topological polar surface area (TPSA) is 88.3 Å². The van der Waals surface area contributed by atoms with Crippen molar-refractivity contribution in [2.45, 2.75) is 13.0 Å². The van der Waals surface area contributed by atoms with E-state index in [1.807, 2.05) is 31.2 Å². The van der Waals surface area contributed by atoms with Gasteiger partial charge in [0.2, 0.25) is 0 Å². The molecule has 1 atom stereocenters. The maximum Gasteiger partial charge on any atom is 0.344 e. The first-order chi connectivity index (χ1) is 11.0. The number of aromatic amines is 1. The number of hydrogen-bond acceptors (Lipinski definition) is 4. The molecular weight excluding hydrogens is 364 g/mol. The molecule has 0 aliphatic rings. The lowest BCUT2D eigenvalue weighted by atomic mass is 10.1. The summed E-state index contributed by atoms with van der Waals surface area (Å²) in [6.45, 7) is 1.36. The molecule has 0 saturated heterocycles. The van der Waals surface area contributed by atoms with Crippen molar-refractivity contribution in [3.8, 4) is 0 Å². The zero-order valence-corrected chi connectivity index (χ0v) is 13.9. The fourth-order valence-corrected chi connectivity index (χ4v) is 2.61. The lowest BCUT2D eigenvalue weighted by Gasteiger charge is -2.15. The molecule has 23 heavy (non-hydrogen) atoms. The molecule has 0 radical (unpaired) electrons. The number of hydrogen-bond donors (Lipinski definition) is 2. The molecule has 0 fully saturated rings. The Bertz CT molecular complexity index is 772. The number of nitrogens with one attached hydrogen (secondary N) is 2. The highest BCUT2D eigenvalue weighted by molar-refractivity contribution is 9.10. The number of esters is 1. The van der Waals surface area contributed by atoms with Crippen LogP contribution < -0.4 is 10.9 Å². The molecule has 120 valence electrons. The van der Waals surface area contributed by atoms with Crippen molar-refractivity contribution in [1.82, 2.24) is 10.3 Å². The SMILES string of the molecule is C[C@@H](NC(=O)COC(=O)c1ccc[nH]c1=O)c1ccccc1Br. The minimum atomic E-state index is -0.837. The van der Waals surface area contributed by atoms with Crippen molar-refractivity contribution in [1.29, 1.82) is 0 Å². The molecule has 0 unspecified atom stereocenters. The van der Waals surface area contributed by atoms with E-state index in [0.717, 1.165) is 10.0 Å². The summed E-state index contributed by atoms with van der Waals surface area (Å²) in [6.07, 6.45) is 1.41. The molecule has 2 rings (SSSR count). The molecule has 0 saturated carbocycles.